The van der Waals surface area contributed by atoms with Gasteiger partial charge in [0.25, 0.3) is 0 Å². The molecule has 1 unspecified atom stereocenters. The van der Waals surface area contributed by atoms with Gasteiger partial charge in [-0.2, -0.15) is 4.31 Å². The number of benzene rings is 1. The fourth-order valence-electron chi connectivity index (χ4n) is 3.29. The molecule has 1 N–H and O–H groups in total. The molecule has 0 amide bonds. The van der Waals surface area contributed by atoms with Crippen molar-refractivity contribution in [2.45, 2.75) is 58.0 Å². The minimum atomic E-state index is -3.53. The lowest BCUT2D eigenvalue weighted by Gasteiger charge is -2.14. The number of aryl methyl sites for hydroxylation is 3. The zero-order chi connectivity index (χ0) is 15.9. The smallest absolute Gasteiger partial charge is 0.244 e. The van der Waals surface area contributed by atoms with Gasteiger partial charge in [0.2, 0.25) is 10.0 Å². The van der Waals surface area contributed by atoms with E-state index in [1.165, 1.54) is 4.31 Å². The van der Waals surface area contributed by atoms with Crippen LogP contribution in [0.2, 0.25) is 0 Å². The highest BCUT2D eigenvalue weighted by molar-refractivity contribution is 7.89. The van der Waals surface area contributed by atoms with Gasteiger partial charge in [0.15, 0.2) is 0 Å². The second kappa shape index (κ2) is 5.71. The molecular formula is C16H25NO3S. The number of nitrogens with zero attached hydrogens (tertiary/aromatic N) is 1. The molecule has 21 heavy (non-hydrogen) atoms. The molecule has 1 fully saturated rings. The number of hydrogen-bond donors (Lipinski definition) is 1. The molecule has 118 valence electrons. The lowest BCUT2D eigenvalue weighted by molar-refractivity contribution is 0.285. The second-order valence-corrected chi connectivity index (χ2v) is 8.29. The largest absolute Gasteiger partial charge is 0.395 e. The highest BCUT2D eigenvalue weighted by atomic mass is 32.2. The third kappa shape index (κ3) is 3.00. The molecule has 0 spiro atoms. The Morgan fingerprint density at radius 1 is 1.14 bits per heavy atom. The van der Waals surface area contributed by atoms with Crippen LogP contribution >= 0.6 is 0 Å². The Kier molecular flexibility index (Phi) is 4.47. The molecule has 1 saturated heterocycles. The fraction of sp³-hybridized carbons (Fsp3) is 0.625. The first-order valence-electron chi connectivity index (χ1n) is 7.42. The number of aliphatic hydroxyl groups excluding tert-OH is 1. The van der Waals surface area contributed by atoms with Crippen molar-refractivity contribution in [2.24, 2.45) is 5.92 Å². The van der Waals surface area contributed by atoms with Crippen LogP contribution in [-0.4, -0.2) is 36.5 Å². The van der Waals surface area contributed by atoms with Crippen LogP contribution in [0.1, 0.15) is 37.0 Å². The quantitative estimate of drug-likeness (QED) is 0.850. The molecule has 0 saturated carbocycles. The van der Waals surface area contributed by atoms with Gasteiger partial charge < -0.3 is 5.11 Å². The summed E-state index contributed by atoms with van der Waals surface area (Å²) >= 11 is 0. The maximum absolute atomic E-state index is 12.9. The van der Waals surface area contributed by atoms with E-state index in [-0.39, 0.29) is 18.7 Å². The van der Waals surface area contributed by atoms with Crippen LogP contribution in [0.25, 0.3) is 0 Å². The van der Waals surface area contributed by atoms with E-state index in [1.807, 2.05) is 32.9 Å². The summed E-state index contributed by atoms with van der Waals surface area (Å²) in [6, 6.07) is 3.46. The van der Waals surface area contributed by atoms with Crippen molar-refractivity contribution >= 4 is 10.0 Å². The molecule has 4 nitrogen and oxygen atoms in total. The SMILES string of the molecule is Cc1cc(C)c(S(=O)(=O)N2[C@H](CO)[C@@H]2CC(C)C)c(C)c1. The second-order valence-electron chi connectivity index (χ2n) is 6.51. The van der Waals surface area contributed by atoms with E-state index in [4.69, 9.17) is 0 Å². The molecule has 1 aromatic rings. The third-order valence-electron chi connectivity index (χ3n) is 4.05. The summed E-state index contributed by atoms with van der Waals surface area (Å²) in [5.41, 5.74) is 2.62. The molecule has 5 heteroatoms. The van der Waals surface area contributed by atoms with Crippen LogP contribution in [0.5, 0.6) is 0 Å². The Bertz CT molecular complexity index is 614. The molecule has 1 heterocycles. The van der Waals surface area contributed by atoms with Gasteiger partial charge in [-0.1, -0.05) is 31.5 Å². The first-order chi connectivity index (χ1) is 9.70. The average Bonchev–Trinajstić information content (AvgIpc) is 2.99. The van der Waals surface area contributed by atoms with E-state index in [1.54, 1.807) is 0 Å². The Morgan fingerprint density at radius 2 is 1.67 bits per heavy atom. The lowest BCUT2D eigenvalue weighted by atomic mass is 10.1. The van der Waals surface area contributed by atoms with Crippen molar-refractivity contribution in [2.75, 3.05) is 6.61 Å². The predicted octanol–water partition coefficient (Wildman–Crippen LogP) is 2.39. The fourth-order valence-corrected chi connectivity index (χ4v) is 5.53. The first-order valence-corrected chi connectivity index (χ1v) is 8.86. The van der Waals surface area contributed by atoms with Gasteiger partial charge in [-0.3, -0.25) is 0 Å². The van der Waals surface area contributed by atoms with Crippen LogP contribution in [0.3, 0.4) is 0 Å². The molecule has 1 aliphatic heterocycles. The molecule has 1 aliphatic rings. The molecule has 0 radical (unpaired) electrons. The van der Waals surface area contributed by atoms with E-state index >= 15 is 0 Å². The molecule has 3 atom stereocenters. The molecule has 0 aromatic heterocycles. The summed E-state index contributed by atoms with van der Waals surface area (Å²) in [5.74, 6) is 0.407. The monoisotopic (exact) mass is 311 g/mol. The zero-order valence-corrected chi connectivity index (χ0v) is 14.2. The first kappa shape index (κ1) is 16.5. The highest BCUT2D eigenvalue weighted by Crippen LogP contribution is 2.40. The van der Waals surface area contributed by atoms with Crippen LogP contribution in [-0.2, 0) is 10.0 Å². The highest BCUT2D eigenvalue weighted by Gasteiger charge is 2.55. The van der Waals surface area contributed by atoms with Crippen LogP contribution < -0.4 is 0 Å². The number of hydrogen-bond acceptors (Lipinski definition) is 3. The minimum Gasteiger partial charge on any atom is -0.395 e. The Labute approximate surface area is 127 Å². The maximum atomic E-state index is 12.9. The van der Waals surface area contributed by atoms with Gasteiger partial charge in [-0.15, -0.1) is 0 Å². The van der Waals surface area contributed by atoms with Crippen molar-refractivity contribution in [3.05, 3.63) is 28.8 Å². The van der Waals surface area contributed by atoms with Gasteiger partial charge in [0.1, 0.15) is 0 Å². The van der Waals surface area contributed by atoms with Gasteiger partial charge in [0.05, 0.1) is 17.5 Å². The van der Waals surface area contributed by atoms with Crippen molar-refractivity contribution in [1.82, 2.24) is 4.31 Å². The molecular weight excluding hydrogens is 286 g/mol. The summed E-state index contributed by atoms with van der Waals surface area (Å²) in [4.78, 5) is 0.401. The average molecular weight is 311 g/mol. The molecule has 1 aromatic carbocycles. The zero-order valence-electron chi connectivity index (χ0n) is 13.4. The Balaban J connectivity index is 2.40. The third-order valence-corrected chi connectivity index (χ3v) is 6.30. The summed E-state index contributed by atoms with van der Waals surface area (Å²) in [6.45, 7) is 9.66. The van der Waals surface area contributed by atoms with Crippen LogP contribution in [0, 0.1) is 26.7 Å². The van der Waals surface area contributed by atoms with E-state index < -0.39 is 10.0 Å². The number of rotatable bonds is 5. The summed E-state index contributed by atoms with van der Waals surface area (Å²) in [6.07, 6.45) is 0.786. The summed E-state index contributed by atoms with van der Waals surface area (Å²) in [7, 11) is -3.53. The van der Waals surface area contributed by atoms with Crippen molar-refractivity contribution in [3.8, 4) is 0 Å². The van der Waals surface area contributed by atoms with E-state index in [0.29, 0.717) is 10.8 Å². The van der Waals surface area contributed by atoms with Crippen LogP contribution in [0.15, 0.2) is 17.0 Å². The van der Waals surface area contributed by atoms with Crippen molar-refractivity contribution < 1.29 is 13.5 Å². The van der Waals surface area contributed by atoms with Gasteiger partial charge in [-0.25, -0.2) is 8.42 Å². The summed E-state index contributed by atoms with van der Waals surface area (Å²) in [5, 5.41) is 9.45. The summed E-state index contributed by atoms with van der Waals surface area (Å²) < 4.78 is 27.3. The minimum absolute atomic E-state index is 0.0693. The molecule has 2 rings (SSSR count). The number of sulfonamides is 1. The Morgan fingerprint density at radius 3 is 2.10 bits per heavy atom. The van der Waals surface area contributed by atoms with Gasteiger partial charge in [-0.05, 0) is 44.2 Å². The molecule has 0 aliphatic carbocycles. The molecule has 0 bridgehead atoms. The van der Waals surface area contributed by atoms with Gasteiger partial charge >= 0.3 is 0 Å². The predicted molar refractivity (Wildman–Crippen MR) is 83.8 cm³/mol. The standard InChI is InChI=1S/C16H25NO3S/c1-10(2)6-14-15(9-18)17(14)21(19,20)16-12(4)7-11(3)8-13(16)5/h7-8,10,14-15,18H,6,9H2,1-5H3/t14-,15+,17?/m0/s1. The van der Waals surface area contributed by atoms with Crippen molar-refractivity contribution in [1.29, 1.82) is 0 Å². The van der Waals surface area contributed by atoms with E-state index in [2.05, 4.69) is 13.8 Å². The van der Waals surface area contributed by atoms with Crippen molar-refractivity contribution in [3.63, 3.8) is 0 Å². The Hall–Kier alpha value is -0.910. The van der Waals surface area contributed by atoms with E-state index in [0.717, 1.165) is 23.1 Å². The number of aliphatic hydroxyl groups is 1. The van der Waals surface area contributed by atoms with Crippen LogP contribution in [0.4, 0.5) is 0 Å². The lowest BCUT2D eigenvalue weighted by Crippen LogP contribution is -2.19. The topological polar surface area (TPSA) is 57.4 Å². The maximum Gasteiger partial charge on any atom is 0.244 e. The van der Waals surface area contributed by atoms with Gasteiger partial charge in [0, 0.05) is 6.04 Å². The van der Waals surface area contributed by atoms with E-state index in [9.17, 15) is 13.5 Å². The normalized spacial score (nSPS) is 25.4.